The van der Waals surface area contributed by atoms with E-state index in [0.29, 0.717) is 10.2 Å². The number of halogens is 1. The Morgan fingerprint density at radius 3 is 2.36 bits per heavy atom. The molecule has 0 atom stereocenters. The molecule has 0 spiro atoms. The standard InChI is InChI=1S/C16H12BrNO3S/c17-13-6-8-15(16(10-13)22(18,19)20)21-14-7-5-11-3-1-2-4-12(11)9-14/h1-10H,(H2,18,19,20). The van der Waals surface area contributed by atoms with Gasteiger partial charge in [-0.25, -0.2) is 13.6 Å². The summed E-state index contributed by atoms with van der Waals surface area (Å²) in [4.78, 5) is -0.0602. The molecule has 0 unspecified atom stereocenters. The number of nitrogens with two attached hydrogens (primary N) is 1. The Morgan fingerprint density at radius 2 is 1.64 bits per heavy atom. The lowest BCUT2D eigenvalue weighted by Gasteiger charge is -2.11. The van der Waals surface area contributed by atoms with Gasteiger partial charge in [0.2, 0.25) is 10.0 Å². The summed E-state index contributed by atoms with van der Waals surface area (Å²) in [6, 6.07) is 18.1. The van der Waals surface area contributed by atoms with Crippen molar-refractivity contribution in [2.75, 3.05) is 0 Å². The van der Waals surface area contributed by atoms with Gasteiger partial charge in [-0.05, 0) is 41.1 Å². The van der Waals surface area contributed by atoms with Crippen LogP contribution in [0.1, 0.15) is 0 Å². The molecule has 22 heavy (non-hydrogen) atoms. The topological polar surface area (TPSA) is 69.4 Å². The van der Waals surface area contributed by atoms with Crippen molar-refractivity contribution >= 4 is 36.7 Å². The van der Waals surface area contributed by atoms with Gasteiger partial charge >= 0.3 is 0 Å². The predicted molar refractivity (Wildman–Crippen MR) is 89.5 cm³/mol. The Labute approximate surface area is 136 Å². The van der Waals surface area contributed by atoms with Crippen molar-refractivity contribution in [3.63, 3.8) is 0 Å². The zero-order valence-corrected chi connectivity index (χ0v) is 13.8. The van der Waals surface area contributed by atoms with Gasteiger partial charge in [-0.2, -0.15) is 0 Å². The second-order valence-electron chi connectivity index (χ2n) is 4.75. The molecular formula is C16H12BrNO3S. The van der Waals surface area contributed by atoms with Gasteiger partial charge in [-0.1, -0.05) is 46.3 Å². The van der Waals surface area contributed by atoms with Gasteiger partial charge in [-0.15, -0.1) is 0 Å². The van der Waals surface area contributed by atoms with Gasteiger partial charge in [0, 0.05) is 4.47 Å². The van der Waals surface area contributed by atoms with Crippen molar-refractivity contribution in [3.05, 3.63) is 65.1 Å². The molecule has 0 radical (unpaired) electrons. The van der Waals surface area contributed by atoms with E-state index in [4.69, 9.17) is 9.88 Å². The first-order chi connectivity index (χ1) is 10.4. The van der Waals surface area contributed by atoms with E-state index in [1.54, 1.807) is 18.2 Å². The number of rotatable bonds is 3. The maximum atomic E-state index is 11.7. The van der Waals surface area contributed by atoms with Crippen LogP contribution in [0, 0.1) is 0 Å². The number of hydrogen-bond acceptors (Lipinski definition) is 3. The van der Waals surface area contributed by atoms with Crippen molar-refractivity contribution < 1.29 is 13.2 Å². The van der Waals surface area contributed by atoms with Crippen LogP contribution >= 0.6 is 15.9 Å². The highest BCUT2D eigenvalue weighted by Gasteiger charge is 2.16. The molecule has 3 aromatic rings. The number of primary sulfonamides is 1. The fraction of sp³-hybridized carbons (Fsp3) is 0. The van der Waals surface area contributed by atoms with E-state index in [-0.39, 0.29) is 10.6 Å². The second-order valence-corrected chi connectivity index (χ2v) is 7.19. The maximum absolute atomic E-state index is 11.7. The molecule has 0 saturated carbocycles. The monoisotopic (exact) mass is 377 g/mol. The summed E-state index contributed by atoms with van der Waals surface area (Å²) >= 11 is 3.23. The van der Waals surface area contributed by atoms with Crippen molar-refractivity contribution in [1.82, 2.24) is 0 Å². The predicted octanol–water partition coefficient (Wildman–Crippen LogP) is 4.04. The number of sulfonamides is 1. The number of ether oxygens (including phenoxy) is 1. The summed E-state index contributed by atoms with van der Waals surface area (Å²) in [6.45, 7) is 0. The van der Waals surface area contributed by atoms with Gasteiger partial charge in [0.15, 0.2) is 0 Å². The summed E-state index contributed by atoms with van der Waals surface area (Å²) in [5, 5.41) is 7.33. The molecule has 2 N–H and O–H groups in total. The average Bonchev–Trinajstić information content (AvgIpc) is 2.48. The van der Waals surface area contributed by atoms with Gasteiger partial charge in [0.25, 0.3) is 0 Å². The summed E-state index contributed by atoms with van der Waals surface area (Å²) < 4.78 is 29.7. The highest BCUT2D eigenvalue weighted by atomic mass is 79.9. The molecule has 0 amide bonds. The van der Waals surface area contributed by atoms with Crippen molar-refractivity contribution in [1.29, 1.82) is 0 Å². The SMILES string of the molecule is NS(=O)(=O)c1cc(Br)ccc1Oc1ccc2ccccc2c1. The quantitative estimate of drug-likeness (QED) is 0.748. The Bertz CT molecular complexity index is 955. The lowest BCUT2D eigenvalue weighted by molar-refractivity contribution is 0.468. The molecule has 3 aromatic carbocycles. The van der Waals surface area contributed by atoms with E-state index in [2.05, 4.69) is 15.9 Å². The summed E-state index contributed by atoms with van der Waals surface area (Å²) in [5.41, 5.74) is 0. The van der Waals surface area contributed by atoms with Crippen molar-refractivity contribution in [2.45, 2.75) is 4.90 Å². The largest absolute Gasteiger partial charge is 0.456 e. The third kappa shape index (κ3) is 3.14. The number of fused-ring (bicyclic) bond motifs is 1. The highest BCUT2D eigenvalue weighted by Crippen LogP contribution is 2.32. The molecule has 0 aliphatic heterocycles. The van der Waals surface area contributed by atoms with Crippen LogP contribution in [0.5, 0.6) is 11.5 Å². The Morgan fingerprint density at radius 1 is 0.909 bits per heavy atom. The van der Waals surface area contributed by atoms with E-state index in [9.17, 15) is 8.42 Å². The fourth-order valence-electron chi connectivity index (χ4n) is 2.15. The normalized spacial score (nSPS) is 11.5. The van der Waals surface area contributed by atoms with Crippen LogP contribution in [0.2, 0.25) is 0 Å². The minimum Gasteiger partial charge on any atom is -0.456 e. The van der Waals surface area contributed by atoms with Crippen molar-refractivity contribution in [3.8, 4) is 11.5 Å². The van der Waals surface area contributed by atoms with E-state index in [0.717, 1.165) is 10.8 Å². The van der Waals surface area contributed by atoms with Gasteiger partial charge in [0.1, 0.15) is 16.4 Å². The first-order valence-corrected chi connectivity index (χ1v) is 8.76. The van der Waals surface area contributed by atoms with Crippen LogP contribution < -0.4 is 9.88 Å². The summed E-state index contributed by atoms with van der Waals surface area (Å²) in [7, 11) is -3.87. The Kier molecular flexibility index (Phi) is 3.90. The molecule has 0 saturated heterocycles. The van der Waals surface area contributed by atoms with E-state index < -0.39 is 10.0 Å². The van der Waals surface area contributed by atoms with E-state index in [1.165, 1.54) is 6.07 Å². The molecular weight excluding hydrogens is 366 g/mol. The second kappa shape index (κ2) is 5.72. The minimum atomic E-state index is -3.87. The molecule has 0 heterocycles. The summed E-state index contributed by atoms with van der Waals surface area (Å²) in [6.07, 6.45) is 0. The maximum Gasteiger partial charge on any atom is 0.241 e. The van der Waals surface area contributed by atoms with Crippen LogP contribution in [0.3, 0.4) is 0 Å². The Balaban J connectivity index is 2.05. The summed E-state index contributed by atoms with van der Waals surface area (Å²) in [5.74, 6) is 0.743. The molecule has 0 aromatic heterocycles. The smallest absolute Gasteiger partial charge is 0.241 e. The number of benzene rings is 3. The molecule has 3 rings (SSSR count). The van der Waals surface area contributed by atoms with Gasteiger partial charge in [-0.3, -0.25) is 0 Å². The molecule has 0 fully saturated rings. The van der Waals surface area contributed by atoms with Crippen LogP contribution in [0.15, 0.2) is 70.0 Å². The highest BCUT2D eigenvalue weighted by molar-refractivity contribution is 9.10. The lowest BCUT2D eigenvalue weighted by atomic mass is 10.1. The van der Waals surface area contributed by atoms with Crippen LogP contribution in [0.4, 0.5) is 0 Å². The average molecular weight is 378 g/mol. The Hall–Kier alpha value is -1.89. The molecule has 4 nitrogen and oxygen atoms in total. The van der Waals surface area contributed by atoms with Gasteiger partial charge in [0.05, 0.1) is 0 Å². The molecule has 112 valence electrons. The molecule has 0 bridgehead atoms. The van der Waals surface area contributed by atoms with E-state index >= 15 is 0 Å². The van der Waals surface area contributed by atoms with Crippen LogP contribution in [-0.4, -0.2) is 8.42 Å². The first-order valence-electron chi connectivity index (χ1n) is 6.42. The van der Waals surface area contributed by atoms with Gasteiger partial charge < -0.3 is 4.74 Å². The number of hydrogen-bond donors (Lipinski definition) is 1. The lowest BCUT2D eigenvalue weighted by Crippen LogP contribution is -2.13. The van der Waals surface area contributed by atoms with Crippen LogP contribution in [-0.2, 0) is 10.0 Å². The first kappa shape index (κ1) is 15.0. The minimum absolute atomic E-state index is 0.0602. The zero-order chi connectivity index (χ0) is 15.7. The van der Waals surface area contributed by atoms with Crippen LogP contribution in [0.25, 0.3) is 10.8 Å². The molecule has 0 aliphatic carbocycles. The van der Waals surface area contributed by atoms with E-state index in [1.807, 2.05) is 36.4 Å². The molecule has 0 aliphatic rings. The van der Waals surface area contributed by atoms with Crippen molar-refractivity contribution in [2.24, 2.45) is 5.14 Å². The third-order valence-corrected chi connectivity index (χ3v) is 4.59. The fourth-order valence-corrected chi connectivity index (χ4v) is 3.34. The zero-order valence-electron chi connectivity index (χ0n) is 11.4. The third-order valence-electron chi connectivity index (χ3n) is 3.16. The molecule has 6 heteroatoms.